The van der Waals surface area contributed by atoms with Gasteiger partial charge in [-0.1, -0.05) is 22.6 Å². The number of halogens is 1. The second-order valence-corrected chi connectivity index (χ2v) is 5.13. The Bertz CT molecular complexity index is 238. The molecule has 0 aromatic carbocycles. The zero-order chi connectivity index (χ0) is 8.72. The van der Waals surface area contributed by atoms with E-state index in [4.69, 9.17) is 0 Å². The maximum absolute atomic E-state index is 11.1. The van der Waals surface area contributed by atoms with E-state index in [1.807, 2.05) is 0 Å². The summed E-state index contributed by atoms with van der Waals surface area (Å²) in [6.07, 6.45) is 2.67. The Balaban J connectivity index is 2.17. The summed E-state index contributed by atoms with van der Waals surface area (Å²) < 4.78 is 5.11. The number of alkyl halides is 1. The molecule has 3 nitrogen and oxygen atoms in total. The van der Waals surface area contributed by atoms with Gasteiger partial charge in [0.15, 0.2) is 0 Å². The highest BCUT2D eigenvalue weighted by Crippen LogP contribution is 2.39. The highest BCUT2D eigenvalue weighted by Gasteiger charge is 2.46. The molecule has 0 radical (unpaired) electrons. The van der Waals surface area contributed by atoms with Gasteiger partial charge in [0.1, 0.15) is 0 Å². The summed E-state index contributed by atoms with van der Waals surface area (Å²) in [5.74, 6) is -0.851. The van der Waals surface area contributed by atoms with Gasteiger partial charge in [0.2, 0.25) is 0 Å². The summed E-state index contributed by atoms with van der Waals surface area (Å²) in [5.41, 5.74) is 0. The van der Waals surface area contributed by atoms with Gasteiger partial charge in [0.05, 0.1) is 11.8 Å². The molecule has 1 saturated carbocycles. The van der Waals surface area contributed by atoms with E-state index in [-0.39, 0.29) is 23.8 Å². The Morgan fingerprint density at radius 1 is 1.17 bits per heavy atom. The molecule has 0 aromatic rings. The van der Waals surface area contributed by atoms with E-state index < -0.39 is 0 Å². The van der Waals surface area contributed by atoms with Crippen molar-refractivity contribution in [3.63, 3.8) is 0 Å². The minimum absolute atomic E-state index is 0.122. The van der Waals surface area contributed by atoms with Crippen LogP contribution in [0.1, 0.15) is 19.3 Å². The minimum atomic E-state index is -0.300. The average Bonchev–Trinajstić information content (AvgIpc) is 2.28. The van der Waals surface area contributed by atoms with E-state index in [2.05, 4.69) is 27.3 Å². The molecular formula is C8H9IO3. The highest BCUT2D eigenvalue weighted by atomic mass is 127. The maximum atomic E-state index is 11.1. The van der Waals surface area contributed by atoms with Crippen LogP contribution in [0.2, 0.25) is 0 Å². The van der Waals surface area contributed by atoms with E-state index in [0.717, 1.165) is 19.3 Å². The largest absolute Gasteiger partial charge is 0.393 e. The molecule has 66 valence electrons. The van der Waals surface area contributed by atoms with Crippen molar-refractivity contribution in [1.29, 1.82) is 0 Å². The predicted molar refractivity (Wildman–Crippen MR) is 49.7 cm³/mol. The van der Waals surface area contributed by atoms with Crippen LogP contribution in [-0.2, 0) is 14.3 Å². The number of rotatable bonds is 0. The molecule has 1 aliphatic heterocycles. The van der Waals surface area contributed by atoms with Gasteiger partial charge in [-0.2, -0.15) is 0 Å². The lowest BCUT2D eigenvalue weighted by molar-refractivity contribution is -0.153. The SMILES string of the molecule is O=C1OC(=O)C2CC(I)CCC12. The Hall–Kier alpha value is -0.130. The zero-order valence-electron chi connectivity index (χ0n) is 6.46. The molecule has 1 aliphatic carbocycles. The summed E-state index contributed by atoms with van der Waals surface area (Å²) in [6, 6.07) is 0. The molecule has 4 heteroatoms. The Kier molecular flexibility index (Phi) is 2.10. The third-order valence-corrected chi connectivity index (χ3v) is 3.72. The van der Waals surface area contributed by atoms with Crippen molar-refractivity contribution in [2.45, 2.75) is 23.2 Å². The molecule has 1 saturated heterocycles. The predicted octanol–water partition coefficient (Wildman–Crippen LogP) is 1.29. The average molecular weight is 280 g/mol. The number of fused-ring (bicyclic) bond motifs is 1. The molecule has 0 amide bonds. The normalized spacial score (nSPS) is 40.9. The van der Waals surface area contributed by atoms with Crippen LogP contribution in [0, 0.1) is 11.8 Å². The number of hydrogen-bond acceptors (Lipinski definition) is 3. The quantitative estimate of drug-likeness (QED) is 0.291. The lowest BCUT2D eigenvalue weighted by Gasteiger charge is -2.23. The lowest BCUT2D eigenvalue weighted by Crippen LogP contribution is -2.26. The molecule has 0 bridgehead atoms. The fourth-order valence-corrected chi connectivity index (χ4v) is 2.82. The standard InChI is InChI=1S/C8H9IO3/c9-4-1-2-5-6(3-4)8(11)12-7(5)10/h4-6H,1-3H2. The van der Waals surface area contributed by atoms with Crippen molar-refractivity contribution in [1.82, 2.24) is 0 Å². The van der Waals surface area contributed by atoms with E-state index >= 15 is 0 Å². The van der Waals surface area contributed by atoms with Gasteiger partial charge in [-0.3, -0.25) is 9.59 Å². The van der Waals surface area contributed by atoms with Crippen molar-refractivity contribution in [2.75, 3.05) is 0 Å². The van der Waals surface area contributed by atoms with Crippen LogP contribution in [0.15, 0.2) is 0 Å². The first-order chi connectivity index (χ1) is 5.68. The fraction of sp³-hybridized carbons (Fsp3) is 0.750. The van der Waals surface area contributed by atoms with E-state index in [1.165, 1.54) is 0 Å². The van der Waals surface area contributed by atoms with Gasteiger partial charge >= 0.3 is 11.9 Å². The summed E-state index contributed by atoms with van der Waals surface area (Å²) in [5, 5.41) is 0. The fourth-order valence-electron chi connectivity index (χ4n) is 1.91. The number of carbonyl (C=O) groups excluding carboxylic acids is 2. The Morgan fingerprint density at radius 3 is 2.58 bits per heavy atom. The first-order valence-electron chi connectivity index (χ1n) is 4.08. The monoisotopic (exact) mass is 280 g/mol. The molecule has 2 rings (SSSR count). The number of ether oxygens (including phenoxy) is 1. The van der Waals surface area contributed by atoms with Crippen LogP contribution in [-0.4, -0.2) is 15.9 Å². The van der Waals surface area contributed by atoms with Gasteiger partial charge in [-0.25, -0.2) is 0 Å². The summed E-state index contributed by atoms with van der Waals surface area (Å²) in [6.45, 7) is 0. The maximum Gasteiger partial charge on any atom is 0.317 e. The van der Waals surface area contributed by atoms with Crippen LogP contribution in [0.5, 0.6) is 0 Å². The van der Waals surface area contributed by atoms with Crippen molar-refractivity contribution in [3.8, 4) is 0 Å². The second kappa shape index (κ2) is 2.97. The van der Waals surface area contributed by atoms with Gasteiger partial charge in [0, 0.05) is 3.92 Å². The van der Waals surface area contributed by atoms with E-state index in [0.29, 0.717) is 3.92 Å². The van der Waals surface area contributed by atoms with Gasteiger partial charge < -0.3 is 4.74 Å². The van der Waals surface area contributed by atoms with Crippen molar-refractivity contribution < 1.29 is 14.3 Å². The zero-order valence-corrected chi connectivity index (χ0v) is 8.61. The van der Waals surface area contributed by atoms with Crippen LogP contribution >= 0.6 is 22.6 Å². The molecule has 2 aliphatic rings. The molecular weight excluding hydrogens is 271 g/mol. The van der Waals surface area contributed by atoms with Crippen molar-refractivity contribution in [3.05, 3.63) is 0 Å². The number of esters is 2. The molecule has 3 unspecified atom stereocenters. The Labute approximate surface area is 84.0 Å². The highest BCUT2D eigenvalue weighted by molar-refractivity contribution is 14.1. The lowest BCUT2D eigenvalue weighted by atomic mass is 9.81. The van der Waals surface area contributed by atoms with E-state index in [9.17, 15) is 9.59 Å². The molecule has 2 fully saturated rings. The van der Waals surface area contributed by atoms with Gasteiger partial charge in [-0.05, 0) is 19.3 Å². The van der Waals surface area contributed by atoms with Crippen molar-refractivity contribution in [2.24, 2.45) is 11.8 Å². The molecule has 0 aromatic heterocycles. The third kappa shape index (κ3) is 1.26. The van der Waals surface area contributed by atoms with Crippen LogP contribution < -0.4 is 0 Å². The summed E-state index contributed by atoms with van der Waals surface area (Å²) >= 11 is 2.33. The van der Waals surface area contributed by atoms with Crippen molar-refractivity contribution >= 4 is 34.5 Å². The molecule has 3 atom stereocenters. The Morgan fingerprint density at radius 2 is 1.83 bits per heavy atom. The number of carbonyl (C=O) groups is 2. The molecule has 0 spiro atoms. The summed E-state index contributed by atoms with van der Waals surface area (Å²) in [7, 11) is 0. The topological polar surface area (TPSA) is 43.4 Å². The van der Waals surface area contributed by atoms with Gasteiger partial charge in [0.25, 0.3) is 0 Å². The molecule has 1 heterocycles. The minimum Gasteiger partial charge on any atom is -0.393 e. The van der Waals surface area contributed by atoms with Gasteiger partial charge in [-0.15, -0.1) is 0 Å². The first-order valence-corrected chi connectivity index (χ1v) is 5.32. The van der Waals surface area contributed by atoms with Crippen LogP contribution in [0.3, 0.4) is 0 Å². The molecule has 0 N–H and O–H groups in total. The summed E-state index contributed by atoms with van der Waals surface area (Å²) in [4.78, 5) is 22.2. The molecule has 12 heavy (non-hydrogen) atoms. The van der Waals surface area contributed by atoms with E-state index in [1.54, 1.807) is 0 Å². The van der Waals surface area contributed by atoms with Crippen LogP contribution in [0.25, 0.3) is 0 Å². The second-order valence-electron chi connectivity index (χ2n) is 3.36. The third-order valence-electron chi connectivity index (χ3n) is 2.59. The first kappa shape index (κ1) is 8.47. The van der Waals surface area contributed by atoms with Crippen LogP contribution in [0.4, 0.5) is 0 Å². The smallest absolute Gasteiger partial charge is 0.317 e. The number of cyclic esters (lactones) is 2. The number of hydrogen-bond donors (Lipinski definition) is 0.